The van der Waals surface area contributed by atoms with E-state index in [1.165, 1.54) is 11.6 Å². The Kier molecular flexibility index (Phi) is 4.62. The number of ether oxygens (including phenoxy) is 2. The summed E-state index contributed by atoms with van der Waals surface area (Å²) in [5, 5.41) is 0.742. The monoisotopic (exact) mass is 372 g/mol. The van der Waals surface area contributed by atoms with Gasteiger partial charge in [0.1, 0.15) is 17.1 Å². The van der Waals surface area contributed by atoms with Crippen LogP contribution in [0.25, 0.3) is 33.2 Å². The molecule has 0 saturated heterocycles. The summed E-state index contributed by atoms with van der Waals surface area (Å²) >= 11 is 0. The highest BCUT2D eigenvalue weighted by Gasteiger charge is 2.15. The molecule has 4 aromatic rings. The molecule has 0 fully saturated rings. The lowest BCUT2D eigenvalue weighted by molar-refractivity contribution is 0.396. The Bertz CT molecular complexity index is 1190. The van der Waals surface area contributed by atoms with Gasteiger partial charge in [-0.25, -0.2) is 4.79 Å². The molecule has 4 heteroatoms. The summed E-state index contributed by atoms with van der Waals surface area (Å²) < 4.78 is 16.2. The normalized spacial score (nSPS) is 10.8. The van der Waals surface area contributed by atoms with Crippen molar-refractivity contribution in [2.45, 2.75) is 6.92 Å². The second-order valence-corrected chi connectivity index (χ2v) is 6.63. The van der Waals surface area contributed by atoms with E-state index >= 15 is 0 Å². The van der Waals surface area contributed by atoms with Gasteiger partial charge in [-0.2, -0.15) is 0 Å². The van der Waals surface area contributed by atoms with Gasteiger partial charge in [-0.3, -0.25) is 0 Å². The molecular formula is C24H20O4. The van der Waals surface area contributed by atoms with Crippen LogP contribution in [0.5, 0.6) is 11.5 Å². The molecule has 0 amide bonds. The van der Waals surface area contributed by atoms with Gasteiger partial charge >= 0.3 is 5.63 Å². The molecule has 4 rings (SSSR count). The van der Waals surface area contributed by atoms with Gasteiger partial charge < -0.3 is 13.9 Å². The maximum absolute atomic E-state index is 12.1. The van der Waals surface area contributed by atoms with Crippen molar-refractivity contribution < 1.29 is 13.9 Å². The summed E-state index contributed by atoms with van der Waals surface area (Å²) in [6, 6.07) is 21.5. The minimum atomic E-state index is -0.416. The molecule has 1 heterocycles. The van der Waals surface area contributed by atoms with E-state index in [0.717, 1.165) is 27.6 Å². The van der Waals surface area contributed by atoms with E-state index in [4.69, 9.17) is 13.9 Å². The van der Waals surface area contributed by atoms with Crippen LogP contribution < -0.4 is 15.1 Å². The van der Waals surface area contributed by atoms with E-state index < -0.39 is 5.63 Å². The molecule has 0 spiro atoms. The summed E-state index contributed by atoms with van der Waals surface area (Å²) in [4.78, 5) is 12.1. The zero-order valence-electron chi connectivity index (χ0n) is 16.0. The largest absolute Gasteiger partial charge is 0.496 e. The molecule has 0 bridgehead atoms. The lowest BCUT2D eigenvalue weighted by Gasteiger charge is -2.12. The van der Waals surface area contributed by atoms with E-state index in [1.807, 2.05) is 12.1 Å². The molecule has 0 aliphatic rings. The molecule has 0 aliphatic carbocycles. The molecule has 0 aliphatic heterocycles. The first-order valence-electron chi connectivity index (χ1n) is 8.96. The van der Waals surface area contributed by atoms with Gasteiger partial charge in [0.2, 0.25) is 0 Å². The second-order valence-electron chi connectivity index (χ2n) is 6.63. The Labute approximate surface area is 163 Å². The number of hydrogen-bond acceptors (Lipinski definition) is 4. The van der Waals surface area contributed by atoms with Crippen molar-refractivity contribution in [3.05, 3.63) is 82.7 Å². The fourth-order valence-electron chi connectivity index (χ4n) is 3.33. The maximum Gasteiger partial charge on any atom is 0.336 e. The van der Waals surface area contributed by atoms with Gasteiger partial charge in [-0.1, -0.05) is 54.1 Å². The third-order valence-corrected chi connectivity index (χ3v) is 4.82. The molecular weight excluding hydrogens is 352 g/mol. The fourth-order valence-corrected chi connectivity index (χ4v) is 3.33. The number of hydrogen-bond donors (Lipinski definition) is 0. The predicted octanol–water partition coefficient (Wildman–Crippen LogP) is 5.45. The smallest absolute Gasteiger partial charge is 0.336 e. The van der Waals surface area contributed by atoms with Gasteiger partial charge in [0.25, 0.3) is 0 Å². The Morgan fingerprint density at radius 2 is 1.36 bits per heavy atom. The van der Waals surface area contributed by atoms with Crippen molar-refractivity contribution in [3.8, 4) is 33.8 Å². The van der Waals surface area contributed by atoms with Crippen LogP contribution in [0.2, 0.25) is 0 Å². The topological polar surface area (TPSA) is 48.7 Å². The van der Waals surface area contributed by atoms with Crippen LogP contribution in [0.1, 0.15) is 5.56 Å². The third kappa shape index (κ3) is 3.25. The lowest BCUT2D eigenvalue weighted by atomic mass is 9.97. The molecule has 0 atom stereocenters. The van der Waals surface area contributed by atoms with Gasteiger partial charge in [0.05, 0.1) is 19.6 Å². The summed E-state index contributed by atoms with van der Waals surface area (Å²) in [7, 11) is 3.15. The number of rotatable bonds is 4. The van der Waals surface area contributed by atoms with Crippen molar-refractivity contribution in [1.29, 1.82) is 0 Å². The van der Waals surface area contributed by atoms with Gasteiger partial charge in [-0.15, -0.1) is 0 Å². The predicted molar refractivity (Wildman–Crippen MR) is 111 cm³/mol. The molecule has 4 nitrogen and oxygen atoms in total. The number of fused-ring (bicyclic) bond motifs is 1. The molecule has 140 valence electrons. The first-order chi connectivity index (χ1) is 13.6. The average molecular weight is 372 g/mol. The van der Waals surface area contributed by atoms with E-state index in [9.17, 15) is 4.79 Å². The summed E-state index contributed by atoms with van der Waals surface area (Å²) in [6.07, 6.45) is 0. The van der Waals surface area contributed by atoms with E-state index in [1.54, 1.807) is 26.4 Å². The van der Waals surface area contributed by atoms with Gasteiger partial charge in [0.15, 0.2) is 0 Å². The van der Waals surface area contributed by atoms with Crippen LogP contribution in [-0.2, 0) is 0 Å². The third-order valence-electron chi connectivity index (χ3n) is 4.82. The lowest BCUT2D eigenvalue weighted by Crippen LogP contribution is -2.00. The van der Waals surface area contributed by atoms with Crippen LogP contribution in [-0.4, -0.2) is 14.2 Å². The van der Waals surface area contributed by atoms with Crippen LogP contribution in [0, 0.1) is 6.92 Å². The van der Waals surface area contributed by atoms with Crippen molar-refractivity contribution in [3.63, 3.8) is 0 Å². The Morgan fingerprint density at radius 1 is 0.750 bits per heavy atom. The summed E-state index contributed by atoms with van der Waals surface area (Å²) in [6.45, 7) is 2.07. The minimum absolute atomic E-state index is 0.416. The molecule has 0 N–H and O–H groups in total. The first kappa shape index (κ1) is 17.9. The van der Waals surface area contributed by atoms with E-state index in [-0.39, 0.29) is 0 Å². The van der Waals surface area contributed by atoms with Crippen LogP contribution in [0.4, 0.5) is 0 Å². The van der Waals surface area contributed by atoms with Gasteiger partial charge in [0, 0.05) is 23.8 Å². The standard InChI is InChI=1S/C24H20O4/c1-15-4-6-16(7-5-15)17-8-10-18(11-9-17)20-14-23(25)28-22-13-19(26-2)12-21(27-3)24(20)22/h4-14H,1-3H3. The zero-order chi connectivity index (χ0) is 19.7. The maximum atomic E-state index is 12.1. The Hall–Kier alpha value is -3.53. The highest BCUT2D eigenvalue weighted by atomic mass is 16.5. The number of benzene rings is 3. The number of methoxy groups -OCH3 is 2. The molecule has 3 aromatic carbocycles. The quantitative estimate of drug-likeness (QED) is 0.447. The average Bonchev–Trinajstić information content (AvgIpc) is 2.72. The molecule has 28 heavy (non-hydrogen) atoms. The van der Waals surface area contributed by atoms with Crippen LogP contribution in [0.3, 0.4) is 0 Å². The highest BCUT2D eigenvalue weighted by molar-refractivity contribution is 5.98. The summed E-state index contributed by atoms with van der Waals surface area (Å²) in [5.41, 5.74) is 5.19. The van der Waals surface area contributed by atoms with Crippen molar-refractivity contribution in [2.24, 2.45) is 0 Å². The Balaban J connectivity index is 1.86. The highest BCUT2D eigenvalue weighted by Crippen LogP contribution is 2.37. The second kappa shape index (κ2) is 7.24. The Morgan fingerprint density at radius 3 is 1.96 bits per heavy atom. The first-order valence-corrected chi connectivity index (χ1v) is 8.96. The van der Waals surface area contributed by atoms with Crippen LogP contribution in [0.15, 0.2) is 75.9 Å². The molecule has 0 unspecified atom stereocenters. The zero-order valence-corrected chi connectivity index (χ0v) is 16.0. The fraction of sp³-hybridized carbons (Fsp3) is 0.125. The van der Waals surface area contributed by atoms with Crippen molar-refractivity contribution >= 4 is 11.0 Å². The van der Waals surface area contributed by atoms with Crippen LogP contribution >= 0.6 is 0 Å². The summed E-state index contributed by atoms with van der Waals surface area (Å²) in [5.74, 6) is 1.16. The molecule has 0 radical (unpaired) electrons. The van der Waals surface area contributed by atoms with Crippen molar-refractivity contribution in [2.75, 3.05) is 14.2 Å². The molecule has 1 aromatic heterocycles. The SMILES string of the molecule is COc1cc(OC)c2c(-c3ccc(-c4ccc(C)cc4)cc3)cc(=O)oc2c1. The van der Waals surface area contributed by atoms with E-state index in [0.29, 0.717) is 17.1 Å². The number of aryl methyl sites for hydroxylation is 1. The van der Waals surface area contributed by atoms with Crippen molar-refractivity contribution in [1.82, 2.24) is 0 Å². The molecule has 0 saturated carbocycles. The van der Waals surface area contributed by atoms with E-state index in [2.05, 4.69) is 43.3 Å². The van der Waals surface area contributed by atoms with Gasteiger partial charge in [-0.05, 0) is 23.6 Å². The minimum Gasteiger partial charge on any atom is -0.496 e.